The van der Waals surface area contributed by atoms with Crippen molar-refractivity contribution in [2.24, 2.45) is 0 Å². The molecule has 0 bridgehead atoms. The van der Waals surface area contributed by atoms with Crippen LogP contribution in [0.15, 0.2) is 24.3 Å². The lowest BCUT2D eigenvalue weighted by atomic mass is 10.2. The zero-order valence-electron chi connectivity index (χ0n) is 16.1. The van der Waals surface area contributed by atoms with Gasteiger partial charge in [-0.3, -0.25) is 14.4 Å². The summed E-state index contributed by atoms with van der Waals surface area (Å²) < 4.78 is 0. The third-order valence-electron chi connectivity index (χ3n) is 3.92. The lowest BCUT2D eigenvalue weighted by Gasteiger charge is -2.19. The molecule has 0 spiro atoms. The highest BCUT2D eigenvalue weighted by atomic mass is 32.2. The Kier molecular flexibility index (Phi) is 9.19. The molecule has 1 aromatic carbocycles. The second-order valence-electron chi connectivity index (χ2n) is 6.42. The van der Waals surface area contributed by atoms with Crippen molar-refractivity contribution in [1.29, 1.82) is 0 Å². The Hall–Kier alpha value is -2.02. The Morgan fingerprint density at radius 3 is 2.19 bits per heavy atom. The Morgan fingerprint density at radius 1 is 1.00 bits per heavy atom. The molecule has 3 amide bonds. The van der Waals surface area contributed by atoms with Crippen LogP contribution in [0, 0.1) is 6.92 Å². The van der Waals surface area contributed by atoms with E-state index in [1.807, 2.05) is 45.0 Å². The average Bonchev–Trinajstić information content (AvgIpc) is 2.61. The molecule has 0 fully saturated rings. The SMILES string of the molecule is CCC(C)NC(=O)C(C)NC(=O)C(C)SCC(=O)Nc1ccc(C)cc1. The van der Waals surface area contributed by atoms with Crippen molar-refractivity contribution in [2.45, 2.75) is 58.4 Å². The van der Waals surface area contributed by atoms with E-state index in [0.717, 1.165) is 17.7 Å². The van der Waals surface area contributed by atoms with E-state index in [4.69, 9.17) is 0 Å². The number of carbonyl (C=O) groups is 3. The summed E-state index contributed by atoms with van der Waals surface area (Å²) in [5, 5.41) is 7.88. The van der Waals surface area contributed by atoms with E-state index >= 15 is 0 Å². The fraction of sp³-hybridized carbons (Fsp3) is 0.526. The monoisotopic (exact) mass is 379 g/mol. The van der Waals surface area contributed by atoms with Crippen molar-refractivity contribution in [3.05, 3.63) is 29.8 Å². The van der Waals surface area contributed by atoms with Crippen LogP contribution >= 0.6 is 11.8 Å². The number of benzene rings is 1. The maximum Gasteiger partial charge on any atom is 0.242 e. The van der Waals surface area contributed by atoms with Crippen molar-refractivity contribution in [1.82, 2.24) is 10.6 Å². The van der Waals surface area contributed by atoms with Crippen LogP contribution < -0.4 is 16.0 Å². The molecule has 0 saturated heterocycles. The molecule has 3 unspecified atom stereocenters. The van der Waals surface area contributed by atoms with Gasteiger partial charge < -0.3 is 16.0 Å². The van der Waals surface area contributed by atoms with Gasteiger partial charge in [-0.2, -0.15) is 0 Å². The highest BCUT2D eigenvalue weighted by molar-refractivity contribution is 8.01. The predicted octanol–water partition coefficient (Wildman–Crippen LogP) is 2.47. The summed E-state index contributed by atoms with van der Waals surface area (Å²) >= 11 is 1.23. The number of anilines is 1. The molecule has 6 nitrogen and oxygen atoms in total. The molecule has 0 saturated carbocycles. The summed E-state index contributed by atoms with van der Waals surface area (Å²) in [6, 6.07) is 6.98. The Morgan fingerprint density at radius 2 is 1.62 bits per heavy atom. The Balaban J connectivity index is 2.38. The van der Waals surface area contributed by atoms with E-state index < -0.39 is 11.3 Å². The number of nitrogens with one attached hydrogen (secondary N) is 3. The molecule has 0 aliphatic rings. The molecule has 1 rings (SSSR count). The molecule has 0 heterocycles. The van der Waals surface area contributed by atoms with E-state index in [0.29, 0.717) is 0 Å². The summed E-state index contributed by atoms with van der Waals surface area (Å²) in [4.78, 5) is 36.1. The fourth-order valence-electron chi connectivity index (χ4n) is 1.98. The number of hydrogen-bond acceptors (Lipinski definition) is 4. The van der Waals surface area contributed by atoms with Gasteiger partial charge in [0.25, 0.3) is 0 Å². The normalized spacial score (nSPS) is 14.0. The van der Waals surface area contributed by atoms with Crippen molar-refractivity contribution < 1.29 is 14.4 Å². The molecule has 0 aromatic heterocycles. The number of aryl methyl sites for hydroxylation is 1. The minimum Gasteiger partial charge on any atom is -0.352 e. The van der Waals surface area contributed by atoms with Gasteiger partial charge >= 0.3 is 0 Å². The first-order valence-corrected chi connectivity index (χ1v) is 9.86. The van der Waals surface area contributed by atoms with Crippen LogP contribution in [0.2, 0.25) is 0 Å². The molecule has 26 heavy (non-hydrogen) atoms. The summed E-state index contributed by atoms with van der Waals surface area (Å²) in [6.07, 6.45) is 0.828. The summed E-state index contributed by atoms with van der Waals surface area (Å²) in [5.74, 6) is -0.469. The molecule has 3 atom stereocenters. The van der Waals surface area contributed by atoms with Crippen LogP contribution in [0.1, 0.15) is 39.7 Å². The lowest BCUT2D eigenvalue weighted by Crippen LogP contribution is -2.49. The van der Waals surface area contributed by atoms with Gasteiger partial charge in [-0.05, 0) is 46.2 Å². The molecular weight excluding hydrogens is 350 g/mol. The Bertz CT molecular complexity index is 619. The number of rotatable bonds is 9. The van der Waals surface area contributed by atoms with E-state index in [1.165, 1.54) is 11.8 Å². The number of thioether (sulfide) groups is 1. The zero-order valence-corrected chi connectivity index (χ0v) is 16.9. The first-order chi connectivity index (χ1) is 12.2. The van der Waals surface area contributed by atoms with Gasteiger partial charge in [-0.25, -0.2) is 0 Å². The van der Waals surface area contributed by atoms with Crippen molar-refractivity contribution in [3.8, 4) is 0 Å². The quantitative estimate of drug-likeness (QED) is 0.615. The largest absolute Gasteiger partial charge is 0.352 e. The van der Waals surface area contributed by atoms with Gasteiger partial charge in [0.2, 0.25) is 17.7 Å². The van der Waals surface area contributed by atoms with E-state index in [9.17, 15) is 14.4 Å². The third-order valence-corrected chi connectivity index (χ3v) is 5.06. The second kappa shape index (κ2) is 10.9. The van der Waals surface area contributed by atoms with Crippen molar-refractivity contribution in [3.63, 3.8) is 0 Å². The minimum atomic E-state index is -0.610. The molecule has 3 N–H and O–H groups in total. The van der Waals surface area contributed by atoms with Crippen LogP contribution in [0.4, 0.5) is 5.69 Å². The van der Waals surface area contributed by atoms with Gasteiger partial charge in [-0.15, -0.1) is 11.8 Å². The smallest absolute Gasteiger partial charge is 0.242 e. The first-order valence-electron chi connectivity index (χ1n) is 8.81. The lowest BCUT2D eigenvalue weighted by molar-refractivity contribution is -0.128. The van der Waals surface area contributed by atoms with Gasteiger partial charge in [0.15, 0.2) is 0 Å². The standard InChI is InChI=1S/C19H29N3O3S/c1-6-13(3)20-18(24)14(4)21-19(25)15(5)26-11-17(23)22-16-9-7-12(2)8-10-16/h7-10,13-15H,6,11H2,1-5H3,(H,20,24)(H,21,25)(H,22,23). The molecule has 1 aromatic rings. The molecule has 7 heteroatoms. The van der Waals surface area contributed by atoms with E-state index in [1.54, 1.807) is 13.8 Å². The van der Waals surface area contributed by atoms with E-state index in [-0.39, 0.29) is 29.5 Å². The fourth-order valence-corrected chi connectivity index (χ4v) is 2.67. The highest BCUT2D eigenvalue weighted by Gasteiger charge is 2.21. The number of amides is 3. The first kappa shape index (κ1) is 22.0. The Labute approximate surface area is 159 Å². The zero-order chi connectivity index (χ0) is 19.7. The van der Waals surface area contributed by atoms with E-state index in [2.05, 4.69) is 16.0 Å². The minimum absolute atomic E-state index is 0.0686. The van der Waals surface area contributed by atoms with Crippen LogP contribution in [0.5, 0.6) is 0 Å². The topological polar surface area (TPSA) is 87.3 Å². The second-order valence-corrected chi connectivity index (χ2v) is 7.74. The summed E-state index contributed by atoms with van der Waals surface area (Å²) in [6.45, 7) is 9.24. The van der Waals surface area contributed by atoms with Gasteiger partial charge in [-0.1, -0.05) is 24.6 Å². The third kappa shape index (κ3) is 7.91. The summed E-state index contributed by atoms with van der Waals surface area (Å²) in [7, 11) is 0. The molecule has 0 aliphatic heterocycles. The van der Waals surface area contributed by atoms with Crippen molar-refractivity contribution >= 4 is 35.2 Å². The number of carbonyl (C=O) groups excluding carboxylic acids is 3. The highest BCUT2D eigenvalue weighted by Crippen LogP contribution is 2.13. The van der Waals surface area contributed by atoms with Crippen LogP contribution in [0.3, 0.4) is 0 Å². The van der Waals surface area contributed by atoms with Gasteiger partial charge in [0.05, 0.1) is 11.0 Å². The molecular formula is C19H29N3O3S. The molecule has 144 valence electrons. The summed E-state index contributed by atoms with van der Waals surface area (Å²) in [5.41, 5.74) is 1.85. The maximum absolute atomic E-state index is 12.2. The van der Waals surface area contributed by atoms with Crippen LogP contribution in [0.25, 0.3) is 0 Å². The average molecular weight is 380 g/mol. The van der Waals surface area contributed by atoms with Crippen molar-refractivity contribution in [2.75, 3.05) is 11.1 Å². The van der Waals surface area contributed by atoms with Gasteiger partial charge in [0.1, 0.15) is 6.04 Å². The molecule has 0 radical (unpaired) electrons. The number of hydrogen-bond donors (Lipinski definition) is 3. The predicted molar refractivity (Wildman–Crippen MR) is 107 cm³/mol. The maximum atomic E-state index is 12.2. The van der Waals surface area contributed by atoms with Crippen LogP contribution in [-0.4, -0.2) is 40.8 Å². The van der Waals surface area contributed by atoms with Crippen LogP contribution in [-0.2, 0) is 14.4 Å². The van der Waals surface area contributed by atoms with Gasteiger partial charge in [0, 0.05) is 11.7 Å². The molecule has 0 aliphatic carbocycles.